The van der Waals surface area contributed by atoms with Gasteiger partial charge in [0.1, 0.15) is 5.82 Å². The van der Waals surface area contributed by atoms with E-state index in [9.17, 15) is 18.8 Å². The Balaban J connectivity index is 2.39. The van der Waals surface area contributed by atoms with Crippen LogP contribution in [0.25, 0.3) is 0 Å². The van der Waals surface area contributed by atoms with Crippen LogP contribution in [0.1, 0.15) is 24.2 Å². The topological polar surface area (TPSA) is 84.5 Å². The maximum absolute atomic E-state index is 12.7. The minimum absolute atomic E-state index is 0.117. The molecule has 0 radical (unpaired) electrons. The zero-order chi connectivity index (χ0) is 15.1. The summed E-state index contributed by atoms with van der Waals surface area (Å²) < 4.78 is 17.3. The molecule has 0 bridgehead atoms. The molecule has 0 unspecified atom stereocenters. The Kier molecular flexibility index (Phi) is 5.64. The number of hydrogen-bond acceptors (Lipinski definition) is 4. The number of nitrogens with one attached hydrogen (secondary N) is 2. The van der Waals surface area contributed by atoms with Crippen molar-refractivity contribution in [3.05, 3.63) is 35.6 Å². The molecular formula is C13H15FN2O4. The van der Waals surface area contributed by atoms with E-state index in [4.69, 9.17) is 0 Å². The number of hydrogen-bond donors (Lipinski definition) is 2. The number of imide groups is 1. The summed E-state index contributed by atoms with van der Waals surface area (Å²) in [5.74, 6) is -2.01. The largest absolute Gasteiger partial charge is 0.452 e. The van der Waals surface area contributed by atoms with Crippen LogP contribution in [0, 0.1) is 5.82 Å². The van der Waals surface area contributed by atoms with E-state index in [0.29, 0.717) is 0 Å². The van der Waals surface area contributed by atoms with Crippen molar-refractivity contribution >= 4 is 17.9 Å². The quantitative estimate of drug-likeness (QED) is 0.813. The molecule has 6 nitrogen and oxygen atoms in total. The Morgan fingerprint density at radius 2 is 1.80 bits per heavy atom. The molecule has 0 aliphatic rings. The highest BCUT2D eigenvalue weighted by Gasteiger charge is 2.12. The van der Waals surface area contributed by atoms with Crippen molar-refractivity contribution in [2.45, 2.75) is 19.9 Å². The lowest BCUT2D eigenvalue weighted by molar-refractivity contribution is -0.123. The Labute approximate surface area is 115 Å². The van der Waals surface area contributed by atoms with Crippen LogP contribution in [0.5, 0.6) is 0 Å². The van der Waals surface area contributed by atoms with Crippen molar-refractivity contribution in [3.8, 4) is 0 Å². The van der Waals surface area contributed by atoms with E-state index in [1.54, 1.807) is 13.8 Å². The molecular weight excluding hydrogens is 267 g/mol. The van der Waals surface area contributed by atoms with Gasteiger partial charge in [0.15, 0.2) is 6.61 Å². The van der Waals surface area contributed by atoms with Crippen molar-refractivity contribution < 1.29 is 23.5 Å². The zero-order valence-corrected chi connectivity index (χ0v) is 11.1. The SMILES string of the molecule is CC(C)NC(=O)NC(=O)COC(=O)c1ccc(F)cc1. The van der Waals surface area contributed by atoms with Crippen LogP contribution in [-0.2, 0) is 9.53 Å². The first-order valence-electron chi connectivity index (χ1n) is 5.91. The molecule has 20 heavy (non-hydrogen) atoms. The molecule has 1 aromatic rings. The molecule has 0 saturated carbocycles. The number of ether oxygens (including phenoxy) is 1. The van der Waals surface area contributed by atoms with Gasteiger partial charge < -0.3 is 10.1 Å². The summed E-state index contributed by atoms with van der Waals surface area (Å²) in [6.45, 7) is 2.87. The predicted octanol–water partition coefficient (Wildman–Crippen LogP) is 1.22. The van der Waals surface area contributed by atoms with Gasteiger partial charge in [-0.1, -0.05) is 0 Å². The van der Waals surface area contributed by atoms with Crippen LogP contribution in [0.3, 0.4) is 0 Å². The number of amides is 3. The molecule has 108 valence electrons. The van der Waals surface area contributed by atoms with Crippen molar-refractivity contribution in [1.82, 2.24) is 10.6 Å². The highest BCUT2D eigenvalue weighted by Crippen LogP contribution is 2.04. The van der Waals surface area contributed by atoms with Gasteiger partial charge in [0.25, 0.3) is 5.91 Å². The molecule has 0 aromatic heterocycles. The number of carbonyl (C=O) groups excluding carboxylic acids is 3. The highest BCUT2D eigenvalue weighted by molar-refractivity contribution is 5.97. The molecule has 3 amide bonds. The van der Waals surface area contributed by atoms with Crippen molar-refractivity contribution in [2.75, 3.05) is 6.61 Å². The second-order valence-electron chi connectivity index (χ2n) is 4.26. The number of halogens is 1. The molecule has 0 aliphatic heterocycles. The lowest BCUT2D eigenvalue weighted by atomic mass is 10.2. The lowest BCUT2D eigenvalue weighted by Crippen LogP contribution is -2.44. The molecule has 0 heterocycles. The highest BCUT2D eigenvalue weighted by atomic mass is 19.1. The van der Waals surface area contributed by atoms with E-state index in [2.05, 4.69) is 10.1 Å². The van der Waals surface area contributed by atoms with Gasteiger partial charge in [0, 0.05) is 6.04 Å². The summed E-state index contributed by atoms with van der Waals surface area (Å²) in [4.78, 5) is 34.0. The van der Waals surface area contributed by atoms with E-state index < -0.39 is 30.3 Å². The molecule has 2 N–H and O–H groups in total. The summed E-state index contributed by atoms with van der Waals surface area (Å²) in [7, 11) is 0. The van der Waals surface area contributed by atoms with E-state index in [0.717, 1.165) is 12.1 Å². The lowest BCUT2D eigenvalue weighted by Gasteiger charge is -2.09. The molecule has 1 aromatic carbocycles. The van der Waals surface area contributed by atoms with Crippen molar-refractivity contribution in [1.29, 1.82) is 0 Å². The summed E-state index contributed by atoms with van der Waals surface area (Å²) >= 11 is 0. The average Bonchev–Trinajstić information content (AvgIpc) is 2.35. The fourth-order valence-electron chi connectivity index (χ4n) is 1.26. The molecule has 0 atom stereocenters. The Hall–Kier alpha value is -2.44. The standard InChI is InChI=1S/C13H15FN2O4/c1-8(2)15-13(19)16-11(17)7-20-12(18)9-3-5-10(14)6-4-9/h3-6,8H,7H2,1-2H3,(H2,15,16,17,19). The van der Waals surface area contributed by atoms with Gasteiger partial charge in [0.2, 0.25) is 0 Å². The third kappa shape index (κ3) is 5.47. The monoisotopic (exact) mass is 282 g/mol. The number of carbonyl (C=O) groups is 3. The van der Waals surface area contributed by atoms with Gasteiger partial charge in [-0.3, -0.25) is 10.1 Å². The van der Waals surface area contributed by atoms with Gasteiger partial charge in [-0.05, 0) is 38.1 Å². The third-order valence-corrected chi connectivity index (χ3v) is 2.09. The van der Waals surface area contributed by atoms with Crippen LogP contribution in [0.4, 0.5) is 9.18 Å². The molecule has 0 spiro atoms. The first-order chi connectivity index (χ1) is 9.38. The smallest absolute Gasteiger partial charge is 0.338 e. The van der Waals surface area contributed by atoms with Crippen LogP contribution >= 0.6 is 0 Å². The Morgan fingerprint density at radius 1 is 1.20 bits per heavy atom. The number of urea groups is 1. The predicted molar refractivity (Wildman–Crippen MR) is 68.5 cm³/mol. The Bertz CT molecular complexity index is 500. The van der Waals surface area contributed by atoms with Crippen molar-refractivity contribution in [2.24, 2.45) is 0 Å². The minimum atomic E-state index is -0.774. The molecule has 0 fully saturated rings. The van der Waals surface area contributed by atoms with E-state index in [1.807, 2.05) is 5.32 Å². The van der Waals surface area contributed by atoms with Gasteiger partial charge in [0.05, 0.1) is 5.56 Å². The van der Waals surface area contributed by atoms with Crippen LogP contribution < -0.4 is 10.6 Å². The van der Waals surface area contributed by atoms with Gasteiger partial charge in [-0.2, -0.15) is 0 Å². The molecule has 0 aliphatic carbocycles. The van der Waals surface area contributed by atoms with Crippen molar-refractivity contribution in [3.63, 3.8) is 0 Å². The van der Waals surface area contributed by atoms with E-state index in [-0.39, 0.29) is 11.6 Å². The summed E-state index contributed by atoms with van der Waals surface area (Å²) in [5.41, 5.74) is 0.117. The van der Waals surface area contributed by atoms with Crippen LogP contribution in [0.2, 0.25) is 0 Å². The van der Waals surface area contributed by atoms with Crippen LogP contribution in [0.15, 0.2) is 24.3 Å². The first kappa shape index (κ1) is 15.6. The molecule has 0 saturated heterocycles. The maximum Gasteiger partial charge on any atom is 0.338 e. The summed E-state index contributed by atoms with van der Waals surface area (Å²) in [6, 6.07) is 3.90. The van der Waals surface area contributed by atoms with Gasteiger partial charge in [-0.25, -0.2) is 14.0 Å². The van der Waals surface area contributed by atoms with E-state index >= 15 is 0 Å². The Morgan fingerprint density at radius 3 is 2.35 bits per heavy atom. The number of rotatable bonds is 4. The fraction of sp³-hybridized carbons (Fsp3) is 0.308. The first-order valence-corrected chi connectivity index (χ1v) is 5.91. The second kappa shape index (κ2) is 7.22. The van der Waals surface area contributed by atoms with Crippen LogP contribution in [-0.4, -0.2) is 30.6 Å². The fourth-order valence-corrected chi connectivity index (χ4v) is 1.26. The average molecular weight is 282 g/mol. The number of benzene rings is 1. The van der Waals surface area contributed by atoms with Gasteiger partial charge >= 0.3 is 12.0 Å². The molecule has 1 rings (SSSR count). The normalized spacial score (nSPS) is 10.0. The number of esters is 1. The molecule has 7 heteroatoms. The van der Waals surface area contributed by atoms with E-state index in [1.165, 1.54) is 12.1 Å². The summed E-state index contributed by atoms with van der Waals surface area (Å²) in [6.07, 6.45) is 0. The minimum Gasteiger partial charge on any atom is -0.452 e. The summed E-state index contributed by atoms with van der Waals surface area (Å²) in [5, 5.41) is 4.45. The zero-order valence-electron chi connectivity index (χ0n) is 11.1. The maximum atomic E-state index is 12.7. The second-order valence-corrected chi connectivity index (χ2v) is 4.26. The third-order valence-electron chi connectivity index (χ3n) is 2.09. The van der Waals surface area contributed by atoms with Gasteiger partial charge in [-0.15, -0.1) is 0 Å².